The number of pyridine rings is 1. The van der Waals surface area contributed by atoms with Crippen molar-refractivity contribution < 1.29 is 23.9 Å². The van der Waals surface area contributed by atoms with Gasteiger partial charge in [0.05, 0.1) is 12.1 Å². The van der Waals surface area contributed by atoms with E-state index < -0.39 is 11.6 Å². The number of rotatable bonds is 19. The summed E-state index contributed by atoms with van der Waals surface area (Å²) in [6.07, 6.45) is 6.36. The molecular formula is C39H49N5O5. The SMILES string of the molecule is C=CC(=O)NCCCCc1cc(N(CC)CC)ccc1C1(c2ccc(N(CC)CC)cc2OCCNC(=O)C=C)OC(=O)c2cccnc21. The molecule has 0 bridgehead atoms. The van der Waals surface area contributed by atoms with Gasteiger partial charge in [-0.15, -0.1) is 0 Å². The third kappa shape index (κ3) is 8.13. The molecule has 1 aliphatic rings. The first-order chi connectivity index (χ1) is 23.8. The summed E-state index contributed by atoms with van der Waals surface area (Å²) < 4.78 is 13.0. The van der Waals surface area contributed by atoms with Crippen LogP contribution < -0.4 is 25.2 Å². The molecule has 1 atom stereocenters. The minimum Gasteiger partial charge on any atom is -0.491 e. The van der Waals surface area contributed by atoms with Gasteiger partial charge >= 0.3 is 5.97 Å². The lowest BCUT2D eigenvalue weighted by Gasteiger charge is -2.34. The second-order valence-electron chi connectivity index (χ2n) is 11.6. The number of aromatic nitrogens is 1. The van der Waals surface area contributed by atoms with Crippen LogP contribution in [0.2, 0.25) is 0 Å². The summed E-state index contributed by atoms with van der Waals surface area (Å²) in [7, 11) is 0. The molecule has 0 saturated heterocycles. The van der Waals surface area contributed by atoms with Gasteiger partial charge in [-0.25, -0.2) is 4.79 Å². The summed E-state index contributed by atoms with van der Waals surface area (Å²) >= 11 is 0. The van der Waals surface area contributed by atoms with Gasteiger partial charge in [-0.3, -0.25) is 14.6 Å². The Morgan fingerprint density at radius 2 is 1.47 bits per heavy atom. The largest absolute Gasteiger partial charge is 0.491 e. The Labute approximate surface area is 290 Å². The number of nitrogens with one attached hydrogen (secondary N) is 2. The molecule has 2 amide bonds. The van der Waals surface area contributed by atoms with Crippen molar-refractivity contribution in [2.45, 2.75) is 52.6 Å². The third-order valence-corrected chi connectivity index (χ3v) is 8.88. The van der Waals surface area contributed by atoms with Gasteiger partial charge in [0.25, 0.3) is 0 Å². The molecular weight excluding hydrogens is 618 g/mol. The van der Waals surface area contributed by atoms with E-state index >= 15 is 0 Å². The van der Waals surface area contributed by atoms with E-state index in [1.54, 1.807) is 18.3 Å². The Kier molecular flexibility index (Phi) is 13.0. The van der Waals surface area contributed by atoms with Crippen molar-refractivity contribution in [3.8, 4) is 5.75 Å². The first-order valence-electron chi connectivity index (χ1n) is 17.2. The molecule has 1 aliphatic heterocycles. The molecule has 1 unspecified atom stereocenters. The molecule has 1 aromatic heterocycles. The minimum absolute atomic E-state index is 0.178. The third-order valence-electron chi connectivity index (χ3n) is 8.88. The fourth-order valence-electron chi connectivity index (χ4n) is 6.36. The number of esters is 1. The van der Waals surface area contributed by atoms with Crippen LogP contribution in [0, 0.1) is 0 Å². The number of cyclic esters (lactones) is 1. The number of benzene rings is 2. The molecule has 49 heavy (non-hydrogen) atoms. The van der Waals surface area contributed by atoms with Crippen molar-refractivity contribution >= 4 is 29.2 Å². The fraction of sp³-hybridized carbons (Fsp3) is 0.385. The van der Waals surface area contributed by atoms with Crippen LogP contribution in [0.15, 0.2) is 80.0 Å². The standard InChI is InChI=1S/C39H49N5O5/c1-7-35(45)40-22-14-13-16-28-26-29(43(9-3)10-4)18-20-32(28)39(37-31(38(47)49-39)17-15-23-42-37)33-21-19-30(44(11-5)12-6)27-34(33)48-25-24-41-36(46)8-2/h7-8,15,17-21,23,26-27H,1-2,9-14,16,22,24-25H2,3-6H3,(H,40,45)(H,41,46). The number of unbranched alkanes of at least 4 members (excludes halogenated alkanes) is 1. The van der Waals surface area contributed by atoms with Gasteiger partial charge in [0.2, 0.25) is 17.4 Å². The van der Waals surface area contributed by atoms with Crippen molar-refractivity contribution in [3.63, 3.8) is 0 Å². The maximum absolute atomic E-state index is 13.7. The van der Waals surface area contributed by atoms with Crippen molar-refractivity contribution in [1.29, 1.82) is 0 Å². The summed E-state index contributed by atoms with van der Waals surface area (Å²) in [5, 5.41) is 5.63. The van der Waals surface area contributed by atoms with Crippen LogP contribution >= 0.6 is 0 Å². The number of carbonyl (C=O) groups is 3. The van der Waals surface area contributed by atoms with E-state index in [0.29, 0.717) is 35.5 Å². The summed E-state index contributed by atoms with van der Waals surface area (Å²) in [5.41, 5.74) is 3.94. The lowest BCUT2D eigenvalue weighted by Crippen LogP contribution is -2.33. The highest BCUT2D eigenvalue weighted by molar-refractivity contribution is 5.96. The number of hydrogen-bond donors (Lipinski definition) is 2. The van der Waals surface area contributed by atoms with Gasteiger partial charge in [0, 0.05) is 67.5 Å². The number of carbonyl (C=O) groups excluding carboxylic acids is 3. The normalized spacial score (nSPS) is 14.7. The Hall–Kier alpha value is -5.12. The number of anilines is 2. The van der Waals surface area contributed by atoms with E-state index in [-0.39, 0.29) is 25.0 Å². The Morgan fingerprint density at radius 3 is 2.10 bits per heavy atom. The highest BCUT2D eigenvalue weighted by Crippen LogP contribution is 2.51. The monoisotopic (exact) mass is 667 g/mol. The number of hydrogen-bond acceptors (Lipinski definition) is 8. The smallest absolute Gasteiger partial charge is 0.341 e. The van der Waals surface area contributed by atoms with Crippen LogP contribution in [0.4, 0.5) is 11.4 Å². The van der Waals surface area contributed by atoms with Crippen molar-refractivity contribution in [1.82, 2.24) is 15.6 Å². The van der Waals surface area contributed by atoms with Gasteiger partial charge in [-0.05, 0) is 101 Å². The van der Waals surface area contributed by atoms with Crippen molar-refractivity contribution in [2.75, 3.05) is 55.7 Å². The second kappa shape index (κ2) is 17.3. The molecule has 3 aromatic rings. The second-order valence-corrected chi connectivity index (χ2v) is 11.6. The van der Waals surface area contributed by atoms with Gasteiger partial charge in [-0.2, -0.15) is 0 Å². The molecule has 2 aromatic carbocycles. The Balaban J connectivity index is 1.92. The van der Waals surface area contributed by atoms with Crippen molar-refractivity contribution in [2.24, 2.45) is 0 Å². The highest BCUT2D eigenvalue weighted by atomic mass is 16.6. The van der Waals surface area contributed by atoms with Crippen LogP contribution in [0.3, 0.4) is 0 Å². The first kappa shape index (κ1) is 36.7. The summed E-state index contributed by atoms with van der Waals surface area (Å²) in [4.78, 5) is 46.6. The van der Waals surface area contributed by atoms with Gasteiger partial charge in [0.1, 0.15) is 18.1 Å². The molecule has 0 fully saturated rings. The number of aryl methyl sites for hydroxylation is 1. The molecule has 10 nitrogen and oxygen atoms in total. The summed E-state index contributed by atoms with van der Waals surface area (Å²) in [6.45, 7) is 19.7. The highest BCUT2D eigenvalue weighted by Gasteiger charge is 2.52. The molecule has 4 rings (SSSR count). The molecule has 0 saturated carbocycles. The van der Waals surface area contributed by atoms with E-state index in [4.69, 9.17) is 14.5 Å². The maximum Gasteiger partial charge on any atom is 0.341 e. The molecule has 2 N–H and O–H groups in total. The van der Waals surface area contributed by atoms with E-state index in [1.807, 2.05) is 24.3 Å². The van der Waals surface area contributed by atoms with Crippen LogP contribution in [0.5, 0.6) is 5.75 Å². The van der Waals surface area contributed by atoms with E-state index in [1.165, 1.54) is 12.2 Å². The zero-order valence-electron chi connectivity index (χ0n) is 29.2. The average Bonchev–Trinajstić information content (AvgIpc) is 3.43. The Bertz CT molecular complexity index is 1650. The zero-order valence-corrected chi connectivity index (χ0v) is 29.2. The fourth-order valence-corrected chi connectivity index (χ4v) is 6.36. The summed E-state index contributed by atoms with van der Waals surface area (Å²) in [6, 6.07) is 15.7. The average molecular weight is 668 g/mol. The Morgan fingerprint density at radius 1 is 0.857 bits per heavy atom. The van der Waals surface area contributed by atoms with Gasteiger partial charge in [-0.1, -0.05) is 19.2 Å². The van der Waals surface area contributed by atoms with E-state index in [2.05, 4.69) is 73.4 Å². The van der Waals surface area contributed by atoms with E-state index in [0.717, 1.165) is 61.5 Å². The zero-order chi connectivity index (χ0) is 35.4. The van der Waals surface area contributed by atoms with Crippen LogP contribution in [-0.2, 0) is 26.3 Å². The van der Waals surface area contributed by atoms with Crippen LogP contribution in [0.25, 0.3) is 0 Å². The van der Waals surface area contributed by atoms with Gasteiger partial charge in [0.15, 0.2) is 0 Å². The molecule has 0 spiro atoms. The number of amides is 2. The quantitative estimate of drug-likeness (QED) is 0.0974. The van der Waals surface area contributed by atoms with Crippen LogP contribution in [0.1, 0.15) is 73.3 Å². The number of fused-ring (bicyclic) bond motifs is 1. The van der Waals surface area contributed by atoms with Crippen LogP contribution in [-0.4, -0.2) is 68.6 Å². The summed E-state index contributed by atoms with van der Waals surface area (Å²) in [5.74, 6) is -0.434. The molecule has 0 radical (unpaired) electrons. The molecule has 0 aliphatic carbocycles. The predicted molar refractivity (Wildman–Crippen MR) is 194 cm³/mol. The molecule has 10 heteroatoms. The maximum atomic E-state index is 13.7. The lowest BCUT2D eigenvalue weighted by molar-refractivity contribution is -0.117. The molecule has 260 valence electrons. The molecule has 2 heterocycles. The van der Waals surface area contributed by atoms with E-state index in [9.17, 15) is 14.4 Å². The lowest BCUT2D eigenvalue weighted by atomic mass is 9.78. The number of ether oxygens (including phenoxy) is 2. The predicted octanol–water partition coefficient (Wildman–Crippen LogP) is 5.54. The number of nitrogens with zero attached hydrogens (tertiary/aromatic N) is 3. The van der Waals surface area contributed by atoms with Crippen molar-refractivity contribution in [3.05, 3.63) is 108 Å². The minimum atomic E-state index is -1.41. The first-order valence-corrected chi connectivity index (χ1v) is 17.2. The topological polar surface area (TPSA) is 113 Å². The van der Waals surface area contributed by atoms with Gasteiger partial charge < -0.3 is 29.9 Å².